The van der Waals surface area contributed by atoms with Crippen LogP contribution in [-0.4, -0.2) is 25.3 Å². The molecule has 7 heteroatoms. The summed E-state index contributed by atoms with van der Waals surface area (Å²) in [6.45, 7) is 0. The Bertz CT molecular complexity index is 1160. The van der Waals surface area contributed by atoms with Crippen LogP contribution in [-0.2, 0) is 4.79 Å². The van der Waals surface area contributed by atoms with Gasteiger partial charge >= 0.3 is 0 Å². The molecule has 1 heterocycles. The second kappa shape index (κ2) is 9.41. The number of hydrogen-bond donors (Lipinski definition) is 0. The number of aliphatic imine (C=N–C) groups is 1. The van der Waals surface area contributed by atoms with E-state index in [4.69, 9.17) is 14.5 Å². The van der Waals surface area contributed by atoms with Crippen molar-refractivity contribution in [1.29, 1.82) is 0 Å². The van der Waals surface area contributed by atoms with Gasteiger partial charge in [0.2, 0.25) is 0 Å². The van der Waals surface area contributed by atoms with Crippen LogP contribution in [0.1, 0.15) is 5.56 Å². The smallest absolute Gasteiger partial charge is 0.271 e. The van der Waals surface area contributed by atoms with Crippen molar-refractivity contribution in [3.8, 4) is 11.5 Å². The number of amidine groups is 1. The quantitative estimate of drug-likeness (QED) is 0.392. The third-order valence-corrected chi connectivity index (χ3v) is 6.25. The van der Waals surface area contributed by atoms with E-state index in [2.05, 4.69) is 15.9 Å². The molecule has 0 atom stereocenters. The fourth-order valence-corrected chi connectivity index (χ4v) is 4.52. The molecule has 156 valence electrons. The zero-order valence-corrected chi connectivity index (χ0v) is 19.3. The van der Waals surface area contributed by atoms with Gasteiger partial charge in [-0.05, 0) is 59.8 Å². The van der Waals surface area contributed by atoms with Gasteiger partial charge in [-0.15, -0.1) is 0 Å². The van der Waals surface area contributed by atoms with Gasteiger partial charge in [0.25, 0.3) is 5.91 Å². The van der Waals surface area contributed by atoms with Crippen LogP contribution in [0.5, 0.6) is 11.5 Å². The van der Waals surface area contributed by atoms with Gasteiger partial charge in [0.15, 0.2) is 16.7 Å². The number of para-hydroxylation sites is 2. The number of amides is 1. The van der Waals surface area contributed by atoms with E-state index in [1.54, 1.807) is 19.1 Å². The Labute approximate surface area is 193 Å². The Balaban J connectivity index is 1.78. The number of hydrogen-bond acceptors (Lipinski definition) is 5. The number of carbonyl (C=O) groups is 1. The number of methoxy groups -OCH3 is 2. The third kappa shape index (κ3) is 4.52. The monoisotopic (exact) mass is 494 g/mol. The first-order valence-corrected chi connectivity index (χ1v) is 11.1. The van der Waals surface area contributed by atoms with Crippen LogP contribution >= 0.6 is 27.7 Å². The van der Waals surface area contributed by atoms with Crippen molar-refractivity contribution in [2.45, 2.75) is 0 Å². The van der Waals surface area contributed by atoms with Crippen LogP contribution in [0.25, 0.3) is 6.08 Å². The first-order valence-electron chi connectivity index (χ1n) is 9.45. The molecule has 1 aliphatic heterocycles. The minimum atomic E-state index is -0.132. The van der Waals surface area contributed by atoms with Gasteiger partial charge < -0.3 is 9.47 Å². The fourth-order valence-electron chi connectivity index (χ4n) is 3.09. The number of thioether (sulfide) groups is 1. The maximum Gasteiger partial charge on any atom is 0.271 e. The van der Waals surface area contributed by atoms with Crippen LogP contribution < -0.4 is 14.4 Å². The fraction of sp³-hybridized carbons (Fsp3) is 0.0833. The second-order valence-corrected chi connectivity index (χ2v) is 8.41. The molecule has 1 saturated heterocycles. The number of ether oxygens (including phenoxy) is 2. The number of benzene rings is 3. The largest absolute Gasteiger partial charge is 0.493 e. The first-order chi connectivity index (χ1) is 15.1. The molecule has 0 unspecified atom stereocenters. The van der Waals surface area contributed by atoms with Crippen molar-refractivity contribution in [2.24, 2.45) is 4.99 Å². The molecule has 5 nitrogen and oxygen atoms in total. The molecule has 0 radical (unpaired) electrons. The first kappa shape index (κ1) is 21.2. The number of carbonyl (C=O) groups excluding carboxylic acids is 1. The van der Waals surface area contributed by atoms with E-state index in [0.29, 0.717) is 21.6 Å². The molecule has 0 N–H and O–H groups in total. The van der Waals surface area contributed by atoms with Gasteiger partial charge in [-0.2, -0.15) is 0 Å². The third-order valence-electron chi connectivity index (χ3n) is 4.59. The van der Waals surface area contributed by atoms with Gasteiger partial charge in [-0.25, -0.2) is 4.99 Å². The van der Waals surface area contributed by atoms with Crippen LogP contribution in [0.3, 0.4) is 0 Å². The lowest BCUT2D eigenvalue weighted by Gasteiger charge is -2.15. The minimum absolute atomic E-state index is 0.132. The summed E-state index contributed by atoms with van der Waals surface area (Å²) >= 11 is 4.90. The van der Waals surface area contributed by atoms with Gasteiger partial charge in [-0.3, -0.25) is 9.69 Å². The Morgan fingerprint density at radius 2 is 1.55 bits per heavy atom. The average Bonchev–Trinajstić information content (AvgIpc) is 3.10. The summed E-state index contributed by atoms with van der Waals surface area (Å²) in [6.07, 6.45) is 1.84. The standard InChI is InChI=1S/C24H19BrN2O3S/c1-29-20-13-16(19(25)15-21(20)30-2)14-22-23(28)27(18-11-7-4-8-12-18)24(31-22)26-17-9-5-3-6-10-17/h3-15H,1-2H3/b22-14-,26-24?. The van der Waals surface area contributed by atoms with Crippen molar-refractivity contribution in [3.63, 3.8) is 0 Å². The van der Waals surface area contributed by atoms with Crippen molar-refractivity contribution < 1.29 is 14.3 Å². The highest BCUT2D eigenvalue weighted by Gasteiger charge is 2.34. The van der Waals surface area contributed by atoms with Crippen molar-refractivity contribution in [3.05, 3.63) is 87.7 Å². The van der Waals surface area contributed by atoms with Crippen LogP contribution in [0, 0.1) is 0 Å². The lowest BCUT2D eigenvalue weighted by atomic mass is 10.1. The summed E-state index contributed by atoms with van der Waals surface area (Å²) in [7, 11) is 3.17. The molecule has 1 fully saturated rings. The zero-order chi connectivity index (χ0) is 21.8. The Hall–Kier alpha value is -3.03. The molecule has 3 aromatic carbocycles. The molecule has 0 spiro atoms. The maximum atomic E-state index is 13.4. The SMILES string of the molecule is COc1cc(Br)c(/C=C2\SC(=Nc3ccccc3)N(c3ccccc3)C2=O)cc1OC. The maximum absolute atomic E-state index is 13.4. The molecule has 1 aliphatic rings. The van der Waals surface area contributed by atoms with E-state index in [0.717, 1.165) is 21.4 Å². The van der Waals surface area contributed by atoms with E-state index in [-0.39, 0.29) is 5.91 Å². The van der Waals surface area contributed by atoms with Gasteiger partial charge in [0.1, 0.15) is 0 Å². The summed E-state index contributed by atoms with van der Waals surface area (Å²) in [6, 6.07) is 22.8. The molecule has 0 bridgehead atoms. The Morgan fingerprint density at radius 1 is 0.935 bits per heavy atom. The second-order valence-electron chi connectivity index (χ2n) is 6.55. The number of halogens is 1. The predicted molar refractivity (Wildman–Crippen MR) is 130 cm³/mol. The molecule has 31 heavy (non-hydrogen) atoms. The van der Waals surface area contributed by atoms with E-state index >= 15 is 0 Å². The summed E-state index contributed by atoms with van der Waals surface area (Å²) in [4.78, 5) is 20.3. The lowest BCUT2D eigenvalue weighted by Crippen LogP contribution is -2.28. The molecule has 1 amide bonds. The van der Waals surface area contributed by atoms with Crippen molar-refractivity contribution in [2.75, 3.05) is 19.1 Å². The molecular formula is C24H19BrN2O3S. The minimum Gasteiger partial charge on any atom is -0.493 e. The number of anilines is 1. The molecular weight excluding hydrogens is 476 g/mol. The summed E-state index contributed by atoms with van der Waals surface area (Å²) in [5.41, 5.74) is 2.36. The molecule has 0 aliphatic carbocycles. The van der Waals surface area contributed by atoms with Crippen LogP contribution in [0.15, 0.2) is 87.2 Å². The van der Waals surface area contributed by atoms with E-state index < -0.39 is 0 Å². The molecule has 0 saturated carbocycles. The van der Waals surface area contributed by atoms with E-state index in [9.17, 15) is 4.79 Å². The molecule has 0 aromatic heterocycles. The van der Waals surface area contributed by atoms with Gasteiger partial charge in [0.05, 0.1) is 30.5 Å². The normalized spacial score (nSPS) is 16.2. The Morgan fingerprint density at radius 3 is 2.19 bits per heavy atom. The summed E-state index contributed by atoms with van der Waals surface area (Å²) < 4.78 is 11.6. The van der Waals surface area contributed by atoms with E-state index in [1.807, 2.05) is 78.9 Å². The summed E-state index contributed by atoms with van der Waals surface area (Å²) in [5.74, 6) is 1.07. The van der Waals surface area contributed by atoms with Crippen molar-refractivity contribution in [1.82, 2.24) is 0 Å². The van der Waals surface area contributed by atoms with Gasteiger partial charge in [0, 0.05) is 4.47 Å². The number of rotatable bonds is 5. The average molecular weight is 495 g/mol. The lowest BCUT2D eigenvalue weighted by molar-refractivity contribution is -0.113. The highest BCUT2D eigenvalue weighted by Crippen LogP contribution is 2.40. The highest BCUT2D eigenvalue weighted by atomic mass is 79.9. The van der Waals surface area contributed by atoms with Gasteiger partial charge in [-0.1, -0.05) is 52.3 Å². The predicted octanol–water partition coefficient (Wildman–Crippen LogP) is 6.27. The van der Waals surface area contributed by atoms with Crippen LogP contribution in [0.4, 0.5) is 11.4 Å². The number of nitrogens with zero attached hydrogens (tertiary/aromatic N) is 2. The summed E-state index contributed by atoms with van der Waals surface area (Å²) in [5, 5.41) is 0.602. The Kier molecular flexibility index (Phi) is 6.44. The molecule has 4 rings (SSSR count). The van der Waals surface area contributed by atoms with Crippen molar-refractivity contribution >= 4 is 56.2 Å². The van der Waals surface area contributed by atoms with Crippen LogP contribution in [0.2, 0.25) is 0 Å². The highest BCUT2D eigenvalue weighted by molar-refractivity contribution is 9.10. The van der Waals surface area contributed by atoms with E-state index in [1.165, 1.54) is 11.8 Å². The molecule has 3 aromatic rings. The topological polar surface area (TPSA) is 51.1 Å². The zero-order valence-electron chi connectivity index (χ0n) is 16.9.